The third kappa shape index (κ3) is 3.95. The van der Waals surface area contributed by atoms with Gasteiger partial charge in [-0.1, -0.05) is 0 Å². The summed E-state index contributed by atoms with van der Waals surface area (Å²) in [5, 5.41) is 13.1. The van der Waals surface area contributed by atoms with Crippen molar-refractivity contribution in [3.05, 3.63) is 57.2 Å². The Hall–Kier alpha value is -3.00. The monoisotopic (exact) mass is 501 g/mol. The van der Waals surface area contributed by atoms with Crippen LogP contribution in [0.5, 0.6) is 23.0 Å². The van der Waals surface area contributed by atoms with E-state index in [2.05, 4.69) is 21.2 Å². The molecular weight excluding hydrogens is 478 g/mol. The quantitative estimate of drug-likeness (QED) is 0.637. The molecule has 2 aliphatic rings. The average Bonchev–Trinajstić information content (AvgIpc) is 2.79. The highest BCUT2D eigenvalue weighted by atomic mass is 79.9. The van der Waals surface area contributed by atoms with Gasteiger partial charge in [0.05, 0.1) is 25.8 Å². The number of ketones is 1. The summed E-state index contributed by atoms with van der Waals surface area (Å²) >= 11 is 3.33. The molecule has 2 aromatic rings. The molecule has 2 atom stereocenters. The van der Waals surface area contributed by atoms with Crippen LogP contribution in [0, 0.1) is 0 Å². The molecule has 1 heterocycles. The number of hydrogen-bond acceptors (Lipinski definition) is 6. The maximum absolute atomic E-state index is 13.4. The predicted octanol–water partition coefficient (Wildman–Crippen LogP) is 4.18. The van der Waals surface area contributed by atoms with Crippen LogP contribution in [0.3, 0.4) is 0 Å². The lowest BCUT2D eigenvalue weighted by Crippen LogP contribution is -2.38. The van der Waals surface area contributed by atoms with Crippen molar-refractivity contribution in [2.75, 3.05) is 21.3 Å². The van der Waals surface area contributed by atoms with Crippen molar-refractivity contribution >= 4 is 27.6 Å². The molecule has 2 aromatic carbocycles. The Morgan fingerprint density at radius 2 is 1.72 bits per heavy atom. The molecule has 1 aliphatic carbocycles. The van der Waals surface area contributed by atoms with Crippen LogP contribution in [0.2, 0.25) is 0 Å². The Kier molecular flexibility index (Phi) is 6.15. The molecule has 1 amide bonds. The van der Waals surface area contributed by atoms with Crippen LogP contribution in [0.4, 0.5) is 0 Å². The van der Waals surface area contributed by atoms with Crippen LogP contribution in [0.1, 0.15) is 42.2 Å². The van der Waals surface area contributed by atoms with Crippen molar-refractivity contribution in [1.29, 1.82) is 0 Å². The minimum Gasteiger partial charge on any atom is -0.503 e. The van der Waals surface area contributed by atoms with E-state index in [0.717, 1.165) is 11.1 Å². The van der Waals surface area contributed by atoms with Crippen molar-refractivity contribution in [1.82, 2.24) is 5.32 Å². The number of phenols is 1. The summed E-state index contributed by atoms with van der Waals surface area (Å²) in [4.78, 5) is 26.0. The summed E-state index contributed by atoms with van der Waals surface area (Å²) in [6.07, 6.45) is 0.951. The Labute approximate surface area is 194 Å². The number of nitrogens with one attached hydrogen (secondary N) is 1. The predicted molar refractivity (Wildman–Crippen MR) is 121 cm³/mol. The van der Waals surface area contributed by atoms with Crippen molar-refractivity contribution in [3.63, 3.8) is 0 Å². The molecule has 0 saturated heterocycles. The van der Waals surface area contributed by atoms with Crippen LogP contribution in [0.15, 0.2) is 46.1 Å². The normalized spacial score (nSPS) is 20.5. The molecule has 0 spiro atoms. The summed E-state index contributed by atoms with van der Waals surface area (Å²) in [6, 6.07) is 8.93. The maximum atomic E-state index is 13.4. The Bertz CT molecular complexity index is 1130. The van der Waals surface area contributed by atoms with E-state index >= 15 is 0 Å². The molecule has 0 bridgehead atoms. The molecule has 4 rings (SSSR count). The number of hydrogen-bond donors (Lipinski definition) is 2. The number of carbonyl (C=O) groups excluding carboxylic acids is 2. The summed E-state index contributed by atoms with van der Waals surface area (Å²) in [5.41, 5.74) is 2.86. The molecular formula is C24H24BrNO6. The molecule has 168 valence electrons. The zero-order valence-corrected chi connectivity index (χ0v) is 19.6. The minimum absolute atomic E-state index is 0.0192. The maximum Gasteiger partial charge on any atom is 0.225 e. The standard InChI is InChI=1S/C24H24BrNO6/c1-30-14-4-5-20(31-2)15(10-14)13-7-18-23(19(27)8-13)16(11-22(28)26-18)12-6-17(25)24(29)21(9-12)32-3/h4-6,9-10,13,16,29H,7-8,11H2,1-3H3,(H,26,28)/t13-,16-/m0/s1. The molecule has 8 heteroatoms. The molecule has 0 aromatic heterocycles. The van der Waals surface area contributed by atoms with Gasteiger partial charge in [-0.2, -0.15) is 0 Å². The molecule has 0 saturated carbocycles. The van der Waals surface area contributed by atoms with Gasteiger partial charge < -0.3 is 24.6 Å². The van der Waals surface area contributed by atoms with Gasteiger partial charge in [-0.05, 0) is 58.2 Å². The van der Waals surface area contributed by atoms with Gasteiger partial charge in [0, 0.05) is 41.5 Å². The van der Waals surface area contributed by atoms with E-state index in [1.165, 1.54) is 7.11 Å². The number of amides is 1. The highest BCUT2D eigenvalue weighted by Gasteiger charge is 2.39. The second-order valence-corrected chi connectivity index (χ2v) is 8.74. The first kappa shape index (κ1) is 22.2. The van der Waals surface area contributed by atoms with Gasteiger partial charge in [0.1, 0.15) is 11.5 Å². The number of ether oxygens (including phenoxy) is 3. The van der Waals surface area contributed by atoms with Gasteiger partial charge in [-0.3, -0.25) is 9.59 Å². The summed E-state index contributed by atoms with van der Waals surface area (Å²) in [5.74, 6) is 0.891. The number of Topliss-reactive ketones (excluding diaryl/α,β-unsaturated/α-hetero) is 1. The molecule has 0 fully saturated rings. The van der Waals surface area contributed by atoms with E-state index in [-0.39, 0.29) is 35.5 Å². The Morgan fingerprint density at radius 3 is 2.41 bits per heavy atom. The first-order chi connectivity index (χ1) is 15.4. The third-order valence-electron chi connectivity index (χ3n) is 6.09. The van der Waals surface area contributed by atoms with Gasteiger partial charge in [0.2, 0.25) is 5.91 Å². The number of carbonyl (C=O) groups is 2. The molecule has 0 radical (unpaired) electrons. The lowest BCUT2D eigenvalue weighted by molar-refractivity contribution is -0.122. The third-order valence-corrected chi connectivity index (χ3v) is 6.69. The van der Waals surface area contributed by atoms with E-state index in [1.54, 1.807) is 26.4 Å². The Balaban J connectivity index is 1.76. The largest absolute Gasteiger partial charge is 0.503 e. The lowest BCUT2D eigenvalue weighted by Gasteiger charge is -2.35. The fourth-order valence-corrected chi connectivity index (χ4v) is 5.03. The molecule has 1 aliphatic heterocycles. The SMILES string of the molecule is COc1ccc(OC)c([C@@H]2CC(=O)C3=C(C2)NC(=O)C[C@H]3c2cc(Br)c(O)c(OC)c2)c1. The minimum atomic E-state index is -0.412. The van der Waals surface area contributed by atoms with Crippen molar-refractivity contribution < 1.29 is 28.9 Å². The van der Waals surface area contributed by atoms with E-state index in [9.17, 15) is 14.7 Å². The molecule has 32 heavy (non-hydrogen) atoms. The van der Waals surface area contributed by atoms with E-state index in [1.807, 2.05) is 18.2 Å². The number of phenolic OH excluding ortho intramolecular Hbond substituents is 1. The second kappa shape index (κ2) is 8.86. The first-order valence-corrected chi connectivity index (χ1v) is 11.0. The number of benzene rings is 2. The molecule has 0 unspecified atom stereocenters. The van der Waals surface area contributed by atoms with Crippen LogP contribution in [-0.4, -0.2) is 38.1 Å². The van der Waals surface area contributed by atoms with Gasteiger partial charge in [0.25, 0.3) is 0 Å². The number of halogens is 1. The summed E-state index contributed by atoms with van der Waals surface area (Å²) in [6.45, 7) is 0. The van der Waals surface area contributed by atoms with Gasteiger partial charge in [-0.15, -0.1) is 0 Å². The molecule has 2 N–H and O–H groups in total. The zero-order chi connectivity index (χ0) is 23.0. The number of allylic oxidation sites excluding steroid dienone is 2. The average molecular weight is 502 g/mol. The summed E-state index contributed by atoms with van der Waals surface area (Å²) in [7, 11) is 4.64. The highest BCUT2D eigenvalue weighted by Crippen LogP contribution is 2.47. The number of methoxy groups -OCH3 is 3. The van der Waals surface area contributed by atoms with E-state index < -0.39 is 5.92 Å². The van der Waals surface area contributed by atoms with Crippen LogP contribution < -0.4 is 19.5 Å². The second-order valence-electron chi connectivity index (χ2n) is 7.89. The topological polar surface area (TPSA) is 94.1 Å². The lowest BCUT2D eigenvalue weighted by atomic mass is 9.73. The van der Waals surface area contributed by atoms with Crippen LogP contribution >= 0.6 is 15.9 Å². The van der Waals surface area contributed by atoms with Crippen molar-refractivity contribution in [2.24, 2.45) is 0 Å². The van der Waals surface area contributed by atoms with E-state index in [0.29, 0.717) is 40.1 Å². The van der Waals surface area contributed by atoms with E-state index in [4.69, 9.17) is 14.2 Å². The van der Waals surface area contributed by atoms with Crippen LogP contribution in [0.25, 0.3) is 0 Å². The number of rotatable bonds is 5. The van der Waals surface area contributed by atoms with Gasteiger partial charge in [0.15, 0.2) is 17.3 Å². The Morgan fingerprint density at radius 1 is 0.969 bits per heavy atom. The van der Waals surface area contributed by atoms with Gasteiger partial charge in [-0.25, -0.2) is 0 Å². The summed E-state index contributed by atoms with van der Waals surface area (Å²) < 4.78 is 16.6. The van der Waals surface area contributed by atoms with Crippen LogP contribution in [-0.2, 0) is 9.59 Å². The first-order valence-electron chi connectivity index (χ1n) is 10.2. The molecule has 7 nitrogen and oxygen atoms in total. The van der Waals surface area contributed by atoms with Crippen molar-refractivity contribution in [2.45, 2.75) is 31.1 Å². The van der Waals surface area contributed by atoms with Gasteiger partial charge >= 0.3 is 0 Å². The van der Waals surface area contributed by atoms with Crippen molar-refractivity contribution in [3.8, 4) is 23.0 Å². The smallest absolute Gasteiger partial charge is 0.225 e. The fraction of sp³-hybridized carbons (Fsp3) is 0.333. The highest BCUT2D eigenvalue weighted by molar-refractivity contribution is 9.10. The number of aromatic hydroxyl groups is 1. The zero-order valence-electron chi connectivity index (χ0n) is 18.0. The fourth-order valence-electron chi connectivity index (χ4n) is 4.57.